The van der Waals surface area contributed by atoms with Gasteiger partial charge < -0.3 is 10.2 Å². The van der Waals surface area contributed by atoms with Crippen LogP contribution >= 0.6 is 48.0 Å². The third kappa shape index (κ3) is 7.47. The molecule has 1 unspecified atom stereocenters. The van der Waals surface area contributed by atoms with E-state index in [-0.39, 0.29) is 24.8 Å². The van der Waals surface area contributed by atoms with Gasteiger partial charge in [0.25, 0.3) is 0 Å². The van der Waals surface area contributed by atoms with Crippen LogP contribution in [0.5, 0.6) is 0 Å². The second-order valence-electron chi connectivity index (χ2n) is 7.44. The largest absolute Gasteiger partial charge is 0.372 e. The average Bonchev–Trinajstić information content (AvgIpc) is 2.73. The molecule has 7 heteroatoms. The Kier molecular flexibility index (Phi) is 12.5. The van der Waals surface area contributed by atoms with Gasteiger partial charge in [-0.15, -0.1) is 24.8 Å². The van der Waals surface area contributed by atoms with Crippen LogP contribution in [-0.2, 0) is 12.8 Å². The van der Waals surface area contributed by atoms with E-state index in [4.69, 9.17) is 23.2 Å². The highest BCUT2D eigenvalue weighted by Gasteiger charge is 2.21. The Morgan fingerprint density at radius 1 is 0.867 bits per heavy atom. The molecule has 0 bridgehead atoms. The van der Waals surface area contributed by atoms with Crippen molar-refractivity contribution in [2.45, 2.75) is 32.7 Å². The lowest BCUT2D eigenvalue weighted by Crippen LogP contribution is -2.49. The maximum absolute atomic E-state index is 6.26. The molecule has 0 aromatic heterocycles. The van der Waals surface area contributed by atoms with E-state index in [9.17, 15) is 0 Å². The van der Waals surface area contributed by atoms with Crippen LogP contribution in [0.1, 0.15) is 25.0 Å². The fourth-order valence-electron chi connectivity index (χ4n) is 4.02. The summed E-state index contributed by atoms with van der Waals surface area (Å²) < 4.78 is 0. The molecule has 1 atom stereocenters. The summed E-state index contributed by atoms with van der Waals surface area (Å²) in [6.45, 7) is 10.8. The molecule has 0 aliphatic carbocycles. The highest BCUT2D eigenvalue weighted by molar-refractivity contribution is 6.42. The number of hydrogen-bond acceptors (Lipinski definition) is 3. The molecule has 1 heterocycles. The molecule has 1 N–H and O–H groups in total. The summed E-state index contributed by atoms with van der Waals surface area (Å²) in [6, 6.07) is 15.6. The molecular formula is C23H33Cl4N3. The molecule has 1 aliphatic heterocycles. The van der Waals surface area contributed by atoms with E-state index >= 15 is 0 Å². The van der Waals surface area contributed by atoms with Gasteiger partial charge in [0.15, 0.2) is 0 Å². The van der Waals surface area contributed by atoms with Crippen LogP contribution in [0.25, 0.3) is 0 Å². The van der Waals surface area contributed by atoms with E-state index in [1.54, 1.807) is 0 Å². The van der Waals surface area contributed by atoms with Gasteiger partial charge >= 0.3 is 0 Å². The summed E-state index contributed by atoms with van der Waals surface area (Å²) in [5.74, 6) is 0. The summed E-state index contributed by atoms with van der Waals surface area (Å²) in [5, 5.41) is 4.72. The van der Waals surface area contributed by atoms with Gasteiger partial charge in [-0.05, 0) is 62.1 Å². The minimum Gasteiger partial charge on any atom is -0.372 e. The van der Waals surface area contributed by atoms with Crippen molar-refractivity contribution in [3.05, 3.63) is 63.6 Å². The first kappa shape index (κ1) is 27.4. The zero-order chi connectivity index (χ0) is 19.9. The maximum atomic E-state index is 6.26. The number of piperazine rings is 1. The summed E-state index contributed by atoms with van der Waals surface area (Å²) in [7, 11) is 0. The van der Waals surface area contributed by atoms with Crippen molar-refractivity contribution >= 4 is 53.7 Å². The molecule has 30 heavy (non-hydrogen) atoms. The Labute approximate surface area is 203 Å². The molecule has 1 saturated heterocycles. The molecule has 0 spiro atoms. The highest BCUT2D eigenvalue weighted by Crippen LogP contribution is 2.25. The fraction of sp³-hybridized carbons (Fsp3) is 0.478. The Morgan fingerprint density at radius 2 is 1.43 bits per heavy atom. The quantitative estimate of drug-likeness (QED) is 0.506. The Hall–Kier alpha value is -0.680. The number of anilines is 1. The number of rotatable bonds is 8. The van der Waals surface area contributed by atoms with Crippen LogP contribution in [0, 0.1) is 0 Å². The van der Waals surface area contributed by atoms with Gasteiger partial charge in [-0.2, -0.15) is 0 Å². The first-order valence-electron chi connectivity index (χ1n) is 10.3. The van der Waals surface area contributed by atoms with Crippen LogP contribution in [0.3, 0.4) is 0 Å². The maximum Gasteiger partial charge on any atom is 0.0595 e. The molecule has 1 aliphatic rings. The van der Waals surface area contributed by atoms with Crippen LogP contribution in [0.15, 0.2) is 42.5 Å². The van der Waals surface area contributed by atoms with Crippen LogP contribution in [-0.4, -0.2) is 50.2 Å². The lowest BCUT2D eigenvalue weighted by atomic mass is 9.96. The van der Waals surface area contributed by atoms with E-state index in [1.165, 1.54) is 16.8 Å². The Morgan fingerprint density at radius 3 is 2.00 bits per heavy atom. The second-order valence-corrected chi connectivity index (χ2v) is 8.25. The number of nitrogens with one attached hydrogen (secondary N) is 1. The Balaban J connectivity index is 0.00000225. The molecule has 168 valence electrons. The van der Waals surface area contributed by atoms with Gasteiger partial charge in [0.1, 0.15) is 0 Å². The van der Waals surface area contributed by atoms with E-state index in [2.05, 4.69) is 59.3 Å². The minimum atomic E-state index is 0. The monoisotopic (exact) mass is 491 g/mol. The van der Waals surface area contributed by atoms with Crippen LogP contribution in [0.4, 0.5) is 5.69 Å². The predicted molar refractivity (Wildman–Crippen MR) is 137 cm³/mol. The predicted octanol–water partition coefficient (Wildman–Crippen LogP) is 5.74. The summed E-state index contributed by atoms with van der Waals surface area (Å²) in [4.78, 5) is 4.99. The van der Waals surface area contributed by atoms with E-state index in [0.29, 0.717) is 16.1 Å². The number of halogens is 4. The highest BCUT2D eigenvalue weighted by atomic mass is 35.5. The lowest BCUT2D eigenvalue weighted by molar-refractivity contribution is 0.170. The molecule has 2 aromatic carbocycles. The van der Waals surface area contributed by atoms with Crippen LogP contribution < -0.4 is 10.2 Å². The SMILES string of the molecule is CCN(CC)c1ccc(CC(Cc2ccc(Cl)c(Cl)c2)N2CCNCC2)cc1.Cl.Cl. The van der Waals surface area contributed by atoms with Gasteiger partial charge in [0.2, 0.25) is 0 Å². The third-order valence-corrected chi connectivity index (χ3v) is 6.40. The minimum absolute atomic E-state index is 0. The average molecular weight is 493 g/mol. The first-order chi connectivity index (χ1) is 13.6. The molecule has 3 nitrogen and oxygen atoms in total. The van der Waals surface area contributed by atoms with Gasteiger partial charge in [0, 0.05) is 51.0 Å². The topological polar surface area (TPSA) is 18.5 Å². The zero-order valence-electron chi connectivity index (χ0n) is 17.7. The van der Waals surface area contributed by atoms with Crippen molar-refractivity contribution in [1.82, 2.24) is 10.2 Å². The standard InChI is InChI=1S/C23H31Cl2N3.2ClH/c1-3-27(4-2)20-8-5-18(6-9-20)15-21(28-13-11-26-12-14-28)16-19-7-10-22(24)23(25)17-19;;/h5-10,17,21,26H,3-4,11-16H2,1-2H3;2*1H. The summed E-state index contributed by atoms with van der Waals surface area (Å²) in [5.41, 5.74) is 3.94. The van der Waals surface area contributed by atoms with E-state index < -0.39 is 0 Å². The third-order valence-electron chi connectivity index (χ3n) is 5.66. The van der Waals surface area contributed by atoms with Gasteiger partial charge in [-0.3, -0.25) is 4.90 Å². The summed E-state index contributed by atoms with van der Waals surface area (Å²) >= 11 is 12.4. The zero-order valence-corrected chi connectivity index (χ0v) is 20.9. The van der Waals surface area contributed by atoms with E-state index in [0.717, 1.165) is 52.1 Å². The van der Waals surface area contributed by atoms with Crippen molar-refractivity contribution in [1.29, 1.82) is 0 Å². The molecule has 0 amide bonds. The second kappa shape index (κ2) is 13.7. The van der Waals surface area contributed by atoms with E-state index in [1.807, 2.05) is 12.1 Å². The lowest BCUT2D eigenvalue weighted by Gasteiger charge is -2.35. The van der Waals surface area contributed by atoms with Crippen molar-refractivity contribution in [2.75, 3.05) is 44.2 Å². The molecule has 1 fully saturated rings. The Bertz CT molecular complexity index is 745. The van der Waals surface area contributed by atoms with Gasteiger partial charge in [-0.25, -0.2) is 0 Å². The van der Waals surface area contributed by atoms with Crippen molar-refractivity contribution in [3.8, 4) is 0 Å². The molecule has 2 aromatic rings. The van der Waals surface area contributed by atoms with Gasteiger partial charge in [-0.1, -0.05) is 41.4 Å². The number of benzene rings is 2. The molecule has 3 rings (SSSR count). The van der Waals surface area contributed by atoms with Crippen molar-refractivity contribution < 1.29 is 0 Å². The normalized spacial score (nSPS) is 15.1. The molecule has 0 radical (unpaired) electrons. The smallest absolute Gasteiger partial charge is 0.0595 e. The summed E-state index contributed by atoms with van der Waals surface area (Å²) in [6.07, 6.45) is 2.02. The van der Waals surface area contributed by atoms with Crippen molar-refractivity contribution in [2.24, 2.45) is 0 Å². The number of nitrogens with zero attached hydrogens (tertiary/aromatic N) is 2. The molecular weight excluding hydrogens is 460 g/mol. The van der Waals surface area contributed by atoms with Crippen LogP contribution in [0.2, 0.25) is 10.0 Å². The van der Waals surface area contributed by atoms with Gasteiger partial charge in [0.05, 0.1) is 10.0 Å². The molecule has 0 saturated carbocycles. The first-order valence-corrected chi connectivity index (χ1v) is 11.1. The van der Waals surface area contributed by atoms with Crippen molar-refractivity contribution in [3.63, 3.8) is 0 Å². The number of hydrogen-bond donors (Lipinski definition) is 1. The fourth-order valence-corrected chi connectivity index (χ4v) is 4.34.